The van der Waals surface area contributed by atoms with E-state index in [1.165, 1.54) is 31.6 Å². The Kier molecular flexibility index (Phi) is 5.96. The maximum Gasteiger partial charge on any atom is 0.320 e. The number of rotatable bonds is 7. The number of anilines is 1. The number of ether oxygens (including phenoxy) is 4. The second kappa shape index (κ2) is 8.80. The molecule has 1 unspecified atom stereocenters. The first-order valence-electron chi connectivity index (χ1n) is 9.46. The third-order valence-electron chi connectivity index (χ3n) is 4.76. The van der Waals surface area contributed by atoms with Crippen LogP contribution < -0.4 is 19.1 Å². The van der Waals surface area contributed by atoms with Crippen molar-refractivity contribution in [3.8, 4) is 17.6 Å². The molecule has 2 aromatic heterocycles. The van der Waals surface area contributed by atoms with Crippen molar-refractivity contribution in [2.24, 2.45) is 0 Å². The van der Waals surface area contributed by atoms with Gasteiger partial charge in [0.15, 0.2) is 5.13 Å². The molecule has 9 nitrogen and oxygen atoms in total. The van der Waals surface area contributed by atoms with Crippen LogP contribution in [0.25, 0.3) is 10.2 Å². The first-order valence-corrected chi connectivity index (χ1v) is 10.3. The van der Waals surface area contributed by atoms with Gasteiger partial charge >= 0.3 is 6.01 Å². The number of nitrogens with zero attached hydrogens (tertiary/aromatic N) is 4. The van der Waals surface area contributed by atoms with E-state index in [1.807, 2.05) is 18.2 Å². The van der Waals surface area contributed by atoms with Gasteiger partial charge in [0.25, 0.3) is 5.91 Å². The minimum Gasteiger partial charge on any atom is -0.497 e. The third-order valence-corrected chi connectivity index (χ3v) is 5.82. The van der Waals surface area contributed by atoms with Crippen LogP contribution in [-0.4, -0.2) is 61.4 Å². The van der Waals surface area contributed by atoms with Gasteiger partial charge in [-0.2, -0.15) is 9.97 Å². The largest absolute Gasteiger partial charge is 0.497 e. The van der Waals surface area contributed by atoms with Gasteiger partial charge < -0.3 is 18.9 Å². The molecule has 1 amide bonds. The summed E-state index contributed by atoms with van der Waals surface area (Å²) in [5.41, 5.74) is 0.922. The highest BCUT2D eigenvalue weighted by Crippen LogP contribution is 2.33. The van der Waals surface area contributed by atoms with Gasteiger partial charge in [-0.25, -0.2) is 4.98 Å². The number of carbonyl (C=O) groups excluding carboxylic acids is 1. The van der Waals surface area contributed by atoms with Gasteiger partial charge in [0.05, 0.1) is 44.2 Å². The SMILES string of the molecule is COc1ccc2sc(N(CC3CCCO3)C(=O)c3cc(OC)nc(OC)n3)nc2c1. The number of thiazole rings is 1. The predicted molar refractivity (Wildman–Crippen MR) is 112 cm³/mol. The standard InChI is InChI=1S/C20H22N4O5S/c1-26-12-6-7-16-14(9-12)22-20(30-16)24(11-13-5-4-8-29-13)18(25)15-10-17(27-2)23-19(21-15)28-3/h6-7,9-10,13H,4-5,8,11H2,1-3H3. The van der Waals surface area contributed by atoms with E-state index in [-0.39, 0.29) is 29.6 Å². The number of benzene rings is 1. The van der Waals surface area contributed by atoms with Gasteiger partial charge in [0.1, 0.15) is 11.4 Å². The summed E-state index contributed by atoms with van der Waals surface area (Å²) < 4.78 is 22.3. The highest BCUT2D eigenvalue weighted by molar-refractivity contribution is 7.22. The molecule has 10 heteroatoms. The predicted octanol–water partition coefficient (Wildman–Crippen LogP) is 2.94. The molecule has 30 heavy (non-hydrogen) atoms. The summed E-state index contributed by atoms with van der Waals surface area (Å²) in [6, 6.07) is 7.20. The molecule has 1 aromatic carbocycles. The summed E-state index contributed by atoms with van der Waals surface area (Å²) >= 11 is 1.43. The van der Waals surface area contributed by atoms with Gasteiger partial charge in [0, 0.05) is 18.7 Å². The molecule has 0 aliphatic carbocycles. The van der Waals surface area contributed by atoms with Crippen molar-refractivity contribution in [1.29, 1.82) is 0 Å². The average Bonchev–Trinajstić information content (AvgIpc) is 3.45. The maximum absolute atomic E-state index is 13.5. The summed E-state index contributed by atoms with van der Waals surface area (Å²) in [7, 11) is 4.52. The van der Waals surface area contributed by atoms with E-state index in [0.717, 1.165) is 23.1 Å². The van der Waals surface area contributed by atoms with Crippen molar-refractivity contribution < 1.29 is 23.7 Å². The highest BCUT2D eigenvalue weighted by atomic mass is 32.1. The van der Waals surface area contributed by atoms with Crippen LogP contribution in [0.1, 0.15) is 23.3 Å². The first kappa shape index (κ1) is 20.3. The van der Waals surface area contributed by atoms with Crippen LogP contribution in [0.3, 0.4) is 0 Å². The van der Waals surface area contributed by atoms with Crippen molar-refractivity contribution in [1.82, 2.24) is 15.0 Å². The second-order valence-corrected chi connectivity index (χ2v) is 7.67. The van der Waals surface area contributed by atoms with Crippen LogP contribution in [0.4, 0.5) is 5.13 Å². The fourth-order valence-electron chi connectivity index (χ4n) is 3.22. The molecule has 0 radical (unpaired) electrons. The molecule has 4 rings (SSSR count). The van der Waals surface area contributed by atoms with Crippen LogP contribution in [0, 0.1) is 0 Å². The molecule has 158 valence electrons. The molecule has 1 saturated heterocycles. The molecule has 3 heterocycles. The molecule has 1 aliphatic rings. The topological polar surface area (TPSA) is 95.9 Å². The lowest BCUT2D eigenvalue weighted by Gasteiger charge is -2.22. The smallest absolute Gasteiger partial charge is 0.320 e. The monoisotopic (exact) mass is 430 g/mol. The third kappa shape index (κ3) is 4.14. The van der Waals surface area contributed by atoms with Gasteiger partial charge in [-0.15, -0.1) is 0 Å². The number of methoxy groups -OCH3 is 3. The molecule has 0 N–H and O–H groups in total. The van der Waals surface area contributed by atoms with E-state index >= 15 is 0 Å². The summed E-state index contributed by atoms with van der Waals surface area (Å²) in [5.74, 6) is 0.633. The van der Waals surface area contributed by atoms with E-state index in [4.69, 9.17) is 18.9 Å². The Balaban J connectivity index is 1.73. The fraction of sp³-hybridized carbons (Fsp3) is 0.400. The van der Waals surface area contributed by atoms with Crippen molar-refractivity contribution >= 4 is 32.6 Å². The van der Waals surface area contributed by atoms with Gasteiger partial charge in [-0.05, 0) is 25.0 Å². The van der Waals surface area contributed by atoms with Crippen LogP contribution in [-0.2, 0) is 4.74 Å². The number of carbonyl (C=O) groups is 1. The zero-order valence-corrected chi connectivity index (χ0v) is 17.8. The molecule has 0 spiro atoms. The second-order valence-electron chi connectivity index (χ2n) is 6.66. The minimum atomic E-state index is -0.324. The zero-order chi connectivity index (χ0) is 21.1. The van der Waals surface area contributed by atoms with E-state index in [9.17, 15) is 4.79 Å². The summed E-state index contributed by atoms with van der Waals surface area (Å²) in [4.78, 5) is 28.0. The van der Waals surface area contributed by atoms with Crippen molar-refractivity contribution in [2.75, 3.05) is 39.4 Å². The Labute approximate surface area is 177 Å². The van der Waals surface area contributed by atoms with Crippen LogP contribution in [0.5, 0.6) is 17.6 Å². The van der Waals surface area contributed by atoms with E-state index in [0.29, 0.717) is 24.0 Å². The highest BCUT2D eigenvalue weighted by Gasteiger charge is 2.28. The van der Waals surface area contributed by atoms with Crippen LogP contribution >= 0.6 is 11.3 Å². The first-order chi connectivity index (χ1) is 14.6. The van der Waals surface area contributed by atoms with Crippen molar-refractivity contribution in [3.05, 3.63) is 30.0 Å². The van der Waals surface area contributed by atoms with E-state index in [2.05, 4.69) is 15.0 Å². The Bertz CT molecular complexity index is 1030. The lowest BCUT2D eigenvalue weighted by atomic mass is 10.2. The zero-order valence-electron chi connectivity index (χ0n) is 17.0. The molecule has 1 atom stereocenters. The molecule has 1 fully saturated rings. The molecule has 3 aromatic rings. The van der Waals surface area contributed by atoms with Crippen molar-refractivity contribution in [2.45, 2.75) is 18.9 Å². The van der Waals surface area contributed by atoms with Crippen LogP contribution in [0.15, 0.2) is 24.3 Å². The fourth-order valence-corrected chi connectivity index (χ4v) is 4.18. The summed E-state index contributed by atoms with van der Waals surface area (Å²) in [5, 5.41) is 0.565. The van der Waals surface area contributed by atoms with Gasteiger partial charge in [-0.3, -0.25) is 9.69 Å². The number of aromatic nitrogens is 3. The van der Waals surface area contributed by atoms with Crippen molar-refractivity contribution in [3.63, 3.8) is 0 Å². The summed E-state index contributed by atoms with van der Waals surface area (Å²) in [6.07, 6.45) is 1.80. The molecular formula is C20H22N4O5S. The number of hydrogen-bond acceptors (Lipinski definition) is 9. The Hall–Kier alpha value is -2.98. The van der Waals surface area contributed by atoms with E-state index < -0.39 is 0 Å². The molecule has 0 bridgehead atoms. The molecule has 0 saturated carbocycles. The maximum atomic E-state index is 13.5. The Morgan fingerprint density at radius 1 is 1.17 bits per heavy atom. The minimum absolute atomic E-state index is 0.0545. The Morgan fingerprint density at radius 3 is 2.73 bits per heavy atom. The van der Waals surface area contributed by atoms with Crippen LogP contribution in [0.2, 0.25) is 0 Å². The normalized spacial score (nSPS) is 15.9. The van der Waals surface area contributed by atoms with E-state index in [1.54, 1.807) is 12.0 Å². The van der Waals surface area contributed by atoms with Gasteiger partial charge in [0.2, 0.25) is 5.88 Å². The Morgan fingerprint density at radius 2 is 2.03 bits per heavy atom. The number of fused-ring (bicyclic) bond motifs is 1. The number of hydrogen-bond donors (Lipinski definition) is 0. The number of amides is 1. The van der Waals surface area contributed by atoms with Gasteiger partial charge in [-0.1, -0.05) is 11.3 Å². The lowest BCUT2D eigenvalue weighted by molar-refractivity contribution is 0.0912. The quantitative estimate of drug-likeness (QED) is 0.565. The molecule has 1 aliphatic heterocycles. The lowest BCUT2D eigenvalue weighted by Crippen LogP contribution is -2.38. The molecular weight excluding hydrogens is 408 g/mol. The summed E-state index contributed by atoms with van der Waals surface area (Å²) in [6.45, 7) is 1.07. The average molecular weight is 430 g/mol.